The molecule has 0 spiro atoms. The zero-order chi connectivity index (χ0) is 28.7. The van der Waals surface area contributed by atoms with Gasteiger partial charge in [0.2, 0.25) is 5.91 Å². The molecule has 2 aromatic carbocycles. The number of nitrogens with one attached hydrogen (secondary N) is 1. The molecule has 2 aliphatic rings. The van der Waals surface area contributed by atoms with E-state index in [1.807, 2.05) is 60.1 Å². The summed E-state index contributed by atoms with van der Waals surface area (Å²) in [7, 11) is 5.55. The van der Waals surface area contributed by atoms with Gasteiger partial charge in [-0.1, -0.05) is 36.4 Å². The van der Waals surface area contributed by atoms with Crippen LogP contribution in [0, 0.1) is 5.92 Å². The van der Waals surface area contributed by atoms with E-state index in [4.69, 9.17) is 15.6 Å². The number of carbonyl (C=O) groups is 1. The highest BCUT2D eigenvalue weighted by Crippen LogP contribution is 2.48. The number of benzene rings is 2. The number of aromatic nitrogens is 4. The van der Waals surface area contributed by atoms with Gasteiger partial charge in [-0.15, -0.1) is 0 Å². The number of carbonyl (C=O) groups excluding carboxylic acids is 1. The average molecular weight is 556 g/mol. The minimum absolute atomic E-state index is 0.0104. The van der Waals surface area contributed by atoms with E-state index in [0.717, 1.165) is 24.8 Å². The Morgan fingerprint density at radius 1 is 1.17 bits per heavy atom. The van der Waals surface area contributed by atoms with Crippen molar-refractivity contribution in [1.29, 1.82) is 0 Å². The molecular weight excluding hydrogens is 518 g/mol. The fourth-order valence-corrected chi connectivity index (χ4v) is 6.30. The summed E-state index contributed by atoms with van der Waals surface area (Å²) in [6, 6.07) is 15.9. The van der Waals surface area contributed by atoms with E-state index in [9.17, 15) is 9.90 Å². The van der Waals surface area contributed by atoms with Crippen molar-refractivity contribution < 1.29 is 14.6 Å². The number of nitrogens with zero attached hydrogens (tertiary/aromatic N) is 5. The Morgan fingerprint density at radius 2 is 1.93 bits per heavy atom. The normalized spacial score (nSPS) is 24.0. The standard InChI is InChI=1S/C31H37N7O3/c1-37(2)17-31(40)13-11-21(12-14-31)38-29-26(28(32)33-18-34-29)27(36-38)20-9-10-24(25(15-20)41-3)35-30(39)23-16-22(23)19-7-5-4-6-8-19/h4-10,15,18,21-23,40H,11-14,16-17H2,1-3H3,(H,35,39)(H2,32,33,34)/t21?,22-,23+,31?/m0/s1. The van der Waals surface area contributed by atoms with E-state index < -0.39 is 5.60 Å². The molecule has 0 radical (unpaired) electrons. The number of methoxy groups -OCH3 is 1. The maximum Gasteiger partial charge on any atom is 0.228 e. The van der Waals surface area contributed by atoms with E-state index >= 15 is 0 Å². The number of ether oxygens (including phenoxy) is 1. The third-order valence-electron chi connectivity index (χ3n) is 8.45. The second-order valence-corrected chi connectivity index (χ2v) is 11.7. The number of fused-ring (bicyclic) bond motifs is 1. The topological polar surface area (TPSA) is 131 Å². The van der Waals surface area contributed by atoms with Crippen LogP contribution < -0.4 is 15.8 Å². The number of aliphatic hydroxyl groups is 1. The smallest absolute Gasteiger partial charge is 0.228 e. The number of likely N-dealkylation sites (N-methyl/N-ethyl adjacent to an activating group) is 1. The lowest BCUT2D eigenvalue weighted by molar-refractivity contribution is -0.117. The largest absolute Gasteiger partial charge is 0.495 e. The Kier molecular flexibility index (Phi) is 7.13. The van der Waals surface area contributed by atoms with Gasteiger partial charge < -0.3 is 25.8 Å². The van der Waals surface area contributed by atoms with Crippen molar-refractivity contribution in [3.8, 4) is 17.0 Å². The molecule has 1 amide bonds. The summed E-state index contributed by atoms with van der Waals surface area (Å²) in [6.45, 7) is 0.635. The first-order valence-electron chi connectivity index (χ1n) is 14.2. The maximum atomic E-state index is 13.0. The van der Waals surface area contributed by atoms with Crippen LogP contribution >= 0.6 is 0 Å². The van der Waals surface area contributed by atoms with Gasteiger partial charge in [0.25, 0.3) is 0 Å². The highest BCUT2D eigenvalue weighted by molar-refractivity contribution is 6.00. The molecule has 0 unspecified atom stereocenters. The van der Waals surface area contributed by atoms with Crippen LogP contribution in [-0.2, 0) is 4.79 Å². The molecule has 2 saturated carbocycles. The molecule has 2 fully saturated rings. The van der Waals surface area contributed by atoms with Gasteiger partial charge in [-0.05, 0) is 69.8 Å². The summed E-state index contributed by atoms with van der Waals surface area (Å²) >= 11 is 0. The Hall–Kier alpha value is -4.02. The van der Waals surface area contributed by atoms with Gasteiger partial charge in [0, 0.05) is 18.0 Å². The summed E-state index contributed by atoms with van der Waals surface area (Å²) < 4.78 is 7.64. The number of amides is 1. The number of nitrogens with two attached hydrogens (primary N) is 1. The van der Waals surface area contributed by atoms with Gasteiger partial charge in [0.15, 0.2) is 5.65 Å². The predicted molar refractivity (Wildman–Crippen MR) is 159 cm³/mol. The first-order valence-corrected chi connectivity index (χ1v) is 14.2. The second kappa shape index (κ2) is 10.8. The van der Waals surface area contributed by atoms with Crippen LogP contribution in [0.15, 0.2) is 54.9 Å². The number of anilines is 2. The minimum atomic E-state index is -0.699. The molecule has 0 bridgehead atoms. The number of hydrogen-bond acceptors (Lipinski definition) is 8. The van der Waals surface area contributed by atoms with Gasteiger partial charge >= 0.3 is 0 Å². The quantitative estimate of drug-likeness (QED) is 0.294. The SMILES string of the molecule is COc1cc(-c2nn(C3CCC(O)(CN(C)C)CC3)c3ncnc(N)c23)ccc1NC(=O)[C@@H]1C[C@H]1c1ccccc1. The maximum absolute atomic E-state index is 13.0. The van der Waals surface area contributed by atoms with E-state index in [0.29, 0.717) is 53.4 Å². The monoisotopic (exact) mass is 555 g/mol. The van der Waals surface area contributed by atoms with Crippen molar-refractivity contribution in [1.82, 2.24) is 24.6 Å². The van der Waals surface area contributed by atoms with Crippen LogP contribution in [0.5, 0.6) is 5.75 Å². The minimum Gasteiger partial charge on any atom is -0.495 e. The second-order valence-electron chi connectivity index (χ2n) is 11.7. The van der Waals surface area contributed by atoms with Crippen LogP contribution in [0.2, 0.25) is 0 Å². The van der Waals surface area contributed by atoms with Crippen LogP contribution in [0.25, 0.3) is 22.3 Å². The van der Waals surface area contributed by atoms with Crippen molar-refractivity contribution in [3.05, 3.63) is 60.4 Å². The van der Waals surface area contributed by atoms with Crippen molar-refractivity contribution >= 4 is 28.4 Å². The highest BCUT2D eigenvalue weighted by Gasteiger charge is 2.44. The zero-order valence-corrected chi connectivity index (χ0v) is 23.7. The first-order chi connectivity index (χ1) is 19.8. The van der Waals surface area contributed by atoms with Gasteiger partial charge in [-0.3, -0.25) is 4.79 Å². The van der Waals surface area contributed by atoms with Crippen LogP contribution in [0.3, 0.4) is 0 Å². The molecule has 2 atom stereocenters. The molecule has 10 nitrogen and oxygen atoms in total. The van der Waals surface area contributed by atoms with E-state index in [1.54, 1.807) is 7.11 Å². The molecule has 2 aliphatic carbocycles. The summed E-state index contributed by atoms with van der Waals surface area (Å²) in [5.41, 5.74) is 9.59. The summed E-state index contributed by atoms with van der Waals surface area (Å²) in [6.07, 6.45) is 5.23. The lowest BCUT2D eigenvalue weighted by atomic mass is 9.82. The third-order valence-corrected chi connectivity index (χ3v) is 8.45. The predicted octanol–water partition coefficient (Wildman–Crippen LogP) is 4.23. The molecule has 0 aliphatic heterocycles. The van der Waals surface area contributed by atoms with Gasteiger partial charge in [-0.2, -0.15) is 5.10 Å². The number of rotatable bonds is 8. The van der Waals surface area contributed by atoms with E-state index in [1.165, 1.54) is 11.9 Å². The number of nitrogen functional groups attached to an aromatic ring is 1. The molecule has 4 aromatic rings. The summed E-state index contributed by atoms with van der Waals surface area (Å²) in [4.78, 5) is 23.9. The fourth-order valence-electron chi connectivity index (χ4n) is 6.30. The van der Waals surface area contributed by atoms with E-state index in [-0.39, 0.29) is 23.8 Å². The Labute approximate surface area is 239 Å². The first kappa shape index (κ1) is 27.2. The van der Waals surface area contributed by atoms with Crippen LogP contribution in [-0.4, -0.2) is 69.0 Å². The van der Waals surface area contributed by atoms with Gasteiger partial charge in [-0.25, -0.2) is 14.6 Å². The lowest BCUT2D eigenvalue weighted by Crippen LogP contribution is -2.43. The molecule has 2 aromatic heterocycles. The number of hydrogen-bond donors (Lipinski definition) is 3. The molecule has 6 rings (SSSR count). The summed E-state index contributed by atoms with van der Waals surface area (Å²) in [5, 5.41) is 19.8. The molecule has 4 N–H and O–H groups in total. The molecular formula is C31H37N7O3. The molecule has 41 heavy (non-hydrogen) atoms. The van der Waals surface area contributed by atoms with Crippen molar-refractivity contribution in [2.24, 2.45) is 5.92 Å². The van der Waals surface area contributed by atoms with Crippen molar-refractivity contribution in [3.63, 3.8) is 0 Å². The summed E-state index contributed by atoms with van der Waals surface area (Å²) in [5.74, 6) is 1.08. The van der Waals surface area contributed by atoms with Crippen molar-refractivity contribution in [2.75, 3.05) is 38.8 Å². The lowest BCUT2D eigenvalue weighted by Gasteiger charge is -2.37. The van der Waals surface area contributed by atoms with Crippen LogP contribution in [0.4, 0.5) is 11.5 Å². The molecule has 10 heteroatoms. The Morgan fingerprint density at radius 3 is 2.63 bits per heavy atom. The van der Waals surface area contributed by atoms with Crippen LogP contribution in [0.1, 0.15) is 49.6 Å². The van der Waals surface area contributed by atoms with Gasteiger partial charge in [0.05, 0.1) is 29.8 Å². The van der Waals surface area contributed by atoms with Gasteiger partial charge in [0.1, 0.15) is 23.6 Å². The zero-order valence-electron chi connectivity index (χ0n) is 23.7. The Balaban J connectivity index is 1.26. The molecule has 0 saturated heterocycles. The molecule has 214 valence electrons. The third kappa shape index (κ3) is 5.37. The average Bonchev–Trinajstić information content (AvgIpc) is 3.68. The fraction of sp³-hybridized carbons (Fsp3) is 0.419. The van der Waals surface area contributed by atoms with E-state index in [2.05, 4.69) is 27.4 Å². The molecule has 2 heterocycles. The highest BCUT2D eigenvalue weighted by atomic mass is 16.5. The Bertz CT molecular complexity index is 1560. The van der Waals surface area contributed by atoms with Crippen molar-refractivity contribution in [2.45, 2.75) is 49.7 Å².